The molecule has 5 heteroatoms. The Morgan fingerprint density at radius 2 is 1.69 bits per heavy atom. The number of nitrogens with two attached hydrogens (primary N) is 1. The molecular formula is C8H16N2O2S. The fourth-order valence-corrected chi connectivity index (χ4v) is 1.39. The molecule has 0 radical (unpaired) electrons. The van der Waals surface area contributed by atoms with Gasteiger partial charge >= 0.3 is 0 Å². The summed E-state index contributed by atoms with van der Waals surface area (Å²) in [5.41, 5.74) is 0. The summed E-state index contributed by atoms with van der Waals surface area (Å²) in [7, 11) is -3.37. The first-order chi connectivity index (χ1) is 5.99. The van der Waals surface area contributed by atoms with Gasteiger partial charge in [0.15, 0.2) is 0 Å². The fraction of sp³-hybridized carbons (Fsp3) is 0.500. The van der Waals surface area contributed by atoms with Gasteiger partial charge in [0.05, 0.1) is 5.75 Å². The molecule has 0 spiro atoms. The number of primary sulfonamides is 1. The van der Waals surface area contributed by atoms with Crippen molar-refractivity contribution in [1.82, 2.24) is 4.90 Å². The molecule has 0 atom stereocenters. The van der Waals surface area contributed by atoms with E-state index in [0.29, 0.717) is 19.6 Å². The molecule has 4 nitrogen and oxygen atoms in total. The van der Waals surface area contributed by atoms with Gasteiger partial charge in [-0.3, -0.25) is 4.90 Å². The van der Waals surface area contributed by atoms with E-state index in [4.69, 9.17) is 5.14 Å². The zero-order valence-electron chi connectivity index (χ0n) is 7.65. The summed E-state index contributed by atoms with van der Waals surface area (Å²) in [5, 5.41) is 4.87. The van der Waals surface area contributed by atoms with E-state index >= 15 is 0 Å². The third-order valence-electron chi connectivity index (χ3n) is 1.47. The predicted molar refractivity (Wildman–Crippen MR) is 54.8 cm³/mol. The Morgan fingerprint density at radius 1 is 1.23 bits per heavy atom. The topological polar surface area (TPSA) is 63.4 Å². The van der Waals surface area contributed by atoms with E-state index in [-0.39, 0.29) is 5.75 Å². The number of hydrogen-bond donors (Lipinski definition) is 1. The highest BCUT2D eigenvalue weighted by Crippen LogP contribution is 1.90. The third kappa shape index (κ3) is 7.70. The predicted octanol–water partition coefficient (Wildman–Crippen LogP) is -0.0511. The molecular weight excluding hydrogens is 188 g/mol. The van der Waals surface area contributed by atoms with Gasteiger partial charge in [-0.1, -0.05) is 12.2 Å². The van der Waals surface area contributed by atoms with Crippen LogP contribution in [-0.2, 0) is 10.0 Å². The lowest BCUT2D eigenvalue weighted by Crippen LogP contribution is -2.32. The van der Waals surface area contributed by atoms with Crippen molar-refractivity contribution in [2.75, 3.05) is 25.4 Å². The van der Waals surface area contributed by atoms with Crippen molar-refractivity contribution in [1.29, 1.82) is 0 Å². The van der Waals surface area contributed by atoms with Crippen LogP contribution in [0, 0.1) is 0 Å². The van der Waals surface area contributed by atoms with Gasteiger partial charge in [0.25, 0.3) is 0 Å². The second-order valence-electron chi connectivity index (χ2n) is 2.70. The molecule has 0 amide bonds. The molecule has 0 aliphatic heterocycles. The van der Waals surface area contributed by atoms with Crippen molar-refractivity contribution in [3.8, 4) is 0 Å². The van der Waals surface area contributed by atoms with Crippen molar-refractivity contribution >= 4 is 10.0 Å². The molecule has 0 heterocycles. The van der Waals surface area contributed by atoms with Crippen LogP contribution in [0.15, 0.2) is 25.3 Å². The number of sulfonamides is 1. The highest BCUT2D eigenvalue weighted by atomic mass is 32.2. The van der Waals surface area contributed by atoms with Crippen molar-refractivity contribution in [2.24, 2.45) is 5.14 Å². The number of hydrogen-bond acceptors (Lipinski definition) is 3. The van der Waals surface area contributed by atoms with E-state index in [1.165, 1.54) is 0 Å². The summed E-state index contributed by atoms with van der Waals surface area (Å²) < 4.78 is 21.3. The summed E-state index contributed by atoms with van der Waals surface area (Å²) in [6, 6.07) is 0. The van der Waals surface area contributed by atoms with Crippen molar-refractivity contribution in [3.05, 3.63) is 25.3 Å². The van der Waals surface area contributed by atoms with Gasteiger partial charge in [0.1, 0.15) is 0 Å². The second-order valence-corrected chi connectivity index (χ2v) is 4.44. The van der Waals surface area contributed by atoms with Crippen LogP contribution in [0.4, 0.5) is 0 Å². The second kappa shape index (κ2) is 5.90. The zero-order valence-corrected chi connectivity index (χ0v) is 8.46. The number of nitrogens with zero attached hydrogens (tertiary/aromatic N) is 1. The molecule has 0 aromatic rings. The summed E-state index contributed by atoms with van der Waals surface area (Å²) in [6.45, 7) is 8.84. The van der Waals surface area contributed by atoms with Crippen LogP contribution in [0.25, 0.3) is 0 Å². The molecule has 0 aliphatic rings. The van der Waals surface area contributed by atoms with Crippen LogP contribution in [0.1, 0.15) is 0 Å². The maximum atomic E-state index is 10.6. The molecule has 0 bridgehead atoms. The van der Waals surface area contributed by atoms with Crippen LogP contribution in [0.2, 0.25) is 0 Å². The standard InChI is InChI=1S/C8H16N2O2S/c1-3-5-10(6-4-2)7-8-13(9,11)12/h3-4H,1-2,5-8H2,(H2,9,11,12). The van der Waals surface area contributed by atoms with Gasteiger partial charge in [0.2, 0.25) is 10.0 Å². The molecule has 0 rings (SSSR count). The lowest BCUT2D eigenvalue weighted by Gasteiger charge is -2.17. The third-order valence-corrected chi connectivity index (χ3v) is 2.22. The molecule has 0 aromatic heterocycles. The van der Waals surface area contributed by atoms with Crippen LogP contribution < -0.4 is 5.14 Å². The Kier molecular flexibility index (Phi) is 5.61. The first-order valence-corrected chi connectivity index (χ1v) is 5.65. The zero-order chi connectivity index (χ0) is 10.3. The molecule has 0 fully saturated rings. The molecule has 0 saturated carbocycles. The lowest BCUT2D eigenvalue weighted by molar-refractivity contribution is 0.355. The quantitative estimate of drug-likeness (QED) is 0.591. The van der Waals surface area contributed by atoms with E-state index in [2.05, 4.69) is 13.2 Å². The van der Waals surface area contributed by atoms with Crippen molar-refractivity contribution in [2.45, 2.75) is 0 Å². The summed E-state index contributed by atoms with van der Waals surface area (Å²) in [4.78, 5) is 1.89. The maximum absolute atomic E-state index is 10.6. The smallest absolute Gasteiger partial charge is 0.210 e. The van der Waals surface area contributed by atoms with Crippen LogP contribution in [-0.4, -0.2) is 38.7 Å². The van der Waals surface area contributed by atoms with Crippen LogP contribution in [0.5, 0.6) is 0 Å². The molecule has 2 N–H and O–H groups in total. The minimum atomic E-state index is -3.37. The van der Waals surface area contributed by atoms with Crippen molar-refractivity contribution < 1.29 is 8.42 Å². The summed E-state index contributed by atoms with van der Waals surface area (Å²) in [5.74, 6) is -0.0331. The van der Waals surface area contributed by atoms with E-state index in [1.807, 2.05) is 4.90 Å². The Balaban J connectivity index is 3.95. The molecule has 0 saturated heterocycles. The van der Waals surface area contributed by atoms with Gasteiger partial charge in [-0.25, -0.2) is 13.6 Å². The highest BCUT2D eigenvalue weighted by Gasteiger charge is 2.06. The SMILES string of the molecule is C=CCN(CC=C)CCS(N)(=O)=O. The molecule has 0 unspecified atom stereocenters. The highest BCUT2D eigenvalue weighted by molar-refractivity contribution is 7.89. The average molecular weight is 204 g/mol. The van der Waals surface area contributed by atoms with E-state index in [9.17, 15) is 8.42 Å². The van der Waals surface area contributed by atoms with Crippen molar-refractivity contribution in [3.63, 3.8) is 0 Å². The Labute approximate surface area is 79.8 Å². The number of rotatable bonds is 7. The summed E-state index contributed by atoms with van der Waals surface area (Å²) >= 11 is 0. The maximum Gasteiger partial charge on any atom is 0.210 e. The van der Waals surface area contributed by atoms with Gasteiger partial charge in [-0.15, -0.1) is 13.2 Å². The molecule has 0 aliphatic carbocycles. The summed E-state index contributed by atoms with van der Waals surface area (Å²) in [6.07, 6.45) is 3.43. The monoisotopic (exact) mass is 204 g/mol. The largest absolute Gasteiger partial charge is 0.295 e. The van der Waals surface area contributed by atoms with Gasteiger partial charge in [-0.2, -0.15) is 0 Å². The van der Waals surface area contributed by atoms with Gasteiger partial charge in [-0.05, 0) is 0 Å². The fourth-order valence-electron chi connectivity index (χ4n) is 0.879. The van der Waals surface area contributed by atoms with Crippen LogP contribution in [0.3, 0.4) is 0 Å². The molecule has 76 valence electrons. The lowest BCUT2D eigenvalue weighted by atomic mass is 10.4. The first kappa shape index (κ1) is 12.3. The van der Waals surface area contributed by atoms with E-state index < -0.39 is 10.0 Å². The Morgan fingerprint density at radius 3 is 2.00 bits per heavy atom. The average Bonchev–Trinajstić information content (AvgIpc) is 2.00. The van der Waals surface area contributed by atoms with E-state index in [0.717, 1.165) is 0 Å². The van der Waals surface area contributed by atoms with E-state index in [1.54, 1.807) is 12.2 Å². The molecule has 0 aromatic carbocycles. The van der Waals surface area contributed by atoms with Gasteiger partial charge in [0, 0.05) is 19.6 Å². The van der Waals surface area contributed by atoms with Gasteiger partial charge < -0.3 is 0 Å². The normalized spacial score (nSPS) is 11.5. The Hall–Kier alpha value is -0.650. The first-order valence-electron chi connectivity index (χ1n) is 3.94. The Bertz CT molecular complexity index is 249. The minimum absolute atomic E-state index is 0.0331. The van der Waals surface area contributed by atoms with Crippen LogP contribution >= 0.6 is 0 Å². The molecule has 13 heavy (non-hydrogen) atoms. The minimum Gasteiger partial charge on any atom is -0.295 e.